The highest BCUT2D eigenvalue weighted by Crippen LogP contribution is 2.31. The summed E-state index contributed by atoms with van der Waals surface area (Å²) in [4.78, 5) is 16.4. The first-order valence-corrected chi connectivity index (χ1v) is 9.20. The molecule has 0 atom stereocenters. The lowest BCUT2D eigenvalue weighted by Gasteiger charge is -2.22. The van der Waals surface area contributed by atoms with Crippen molar-refractivity contribution < 1.29 is 14.3 Å². The van der Waals surface area contributed by atoms with Gasteiger partial charge in [0.2, 0.25) is 0 Å². The van der Waals surface area contributed by atoms with Gasteiger partial charge in [0.25, 0.3) is 0 Å². The first kappa shape index (κ1) is 18.8. The van der Waals surface area contributed by atoms with Crippen LogP contribution in [0.3, 0.4) is 0 Å². The third-order valence-electron chi connectivity index (χ3n) is 4.62. The number of nitrogens with zero attached hydrogens (tertiary/aromatic N) is 1. The number of hydrogen-bond acceptors (Lipinski definition) is 5. The molecular weight excluding hydrogens is 344 g/mol. The fourth-order valence-electron chi connectivity index (χ4n) is 3.21. The molecule has 1 fully saturated rings. The van der Waals surface area contributed by atoms with Crippen molar-refractivity contribution in [3.05, 3.63) is 36.5 Å². The van der Waals surface area contributed by atoms with Gasteiger partial charge in [0, 0.05) is 17.8 Å². The standard InChI is InChI=1S/C20H26N4O3/c1-26-17-10-8-15(12-18(17)27-2)22-16-9-11-19(21-13-16)24-20(25)23-14-6-4-3-5-7-14/h8-14,22H,3-7H2,1-2H3,(H2,21,23,24,25). The number of carbonyl (C=O) groups is 1. The number of aromatic nitrogens is 1. The van der Waals surface area contributed by atoms with E-state index in [4.69, 9.17) is 9.47 Å². The van der Waals surface area contributed by atoms with E-state index in [1.54, 1.807) is 26.5 Å². The predicted molar refractivity (Wildman–Crippen MR) is 106 cm³/mol. The van der Waals surface area contributed by atoms with E-state index in [1.165, 1.54) is 19.3 Å². The molecule has 0 spiro atoms. The highest BCUT2D eigenvalue weighted by Gasteiger charge is 2.15. The SMILES string of the molecule is COc1ccc(Nc2ccc(NC(=O)NC3CCCCC3)nc2)cc1OC. The Bertz CT molecular complexity index is 758. The maximum absolute atomic E-state index is 12.1. The molecule has 3 N–H and O–H groups in total. The summed E-state index contributed by atoms with van der Waals surface area (Å²) < 4.78 is 10.5. The van der Waals surface area contributed by atoms with Gasteiger partial charge in [0.1, 0.15) is 5.82 Å². The monoisotopic (exact) mass is 370 g/mol. The predicted octanol–water partition coefficient (Wildman–Crippen LogP) is 4.30. The Morgan fingerprint density at radius 3 is 2.41 bits per heavy atom. The second kappa shape index (κ2) is 9.12. The number of anilines is 3. The minimum absolute atomic E-state index is 0.199. The minimum Gasteiger partial charge on any atom is -0.493 e. The van der Waals surface area contributed by atoms with Crippen molar-refractivity contribution in [1.82, 2.24) is 10.3 Å². The number of pyridine rings is 1. The maximum Gasteiger partial charge on any atom is 0.320 e. The average molecular weight is 370 g/mol. The first-order chi connectivity index (χ1) is 13.2. The van der Waals surface area contributed by atoms with Gasteiger partial charge in [-0.15, -0.1) is 0 Å². The molecule has 2 amide bonds. The van der Waals surface area contributed by atoms with Crippen molar-refractivity contribution in [1.29, 1.82) is 0 Å². The van der Waals surface area contributed by atoms with Gasteiger partial charge in [-0.3, -0.25) is 5.32 Å². The second-order valence-electron chi connectivity index (χ2n) is 6.56. The van der Waals surface area contributed by atoms with Crippen LogP contribution in [0.25, 0.3) is 0 Å². The molecule has 2 aromatic rings. The number of nitrogens with one attached hydrogen (secondary N) is 3. The van der Waals surface area contributed by atoms with E-state index < -0.39 is 0 Å². The highest BCUT2D eigenvalue weighted by atomic mass is 16.5. The van der Waals surface area contributed by atoms with Crippen molar-refractivity contribution in [2.45, 2.75) is 38.1 Å². The third-order valence-corrected chi connectivity index (χ3v) is 4.62. The van der Waals surface area contributed by atoms with E-state index in [0.717, 1.165) is 24.2 Å². The van der Waals surface area contributed by atoms with Gasteiger partial charge >= 0.3 is 6.03 Å². The van der Waals surface area contributed by atoms with Crippen molar-refractivity contribution in [2.24, 2.45) is 0 Å². The van der Waals surface area contributed by atoms with E-state index >= 15 is 0 Å². The summed E-state index contributed by atoms with van der Waals surface area (Å²) in [5.41, 5.74) is 1.66. The number of rotatable bonds is 6. The van der Waals surface area contributed by atoms with Crippen LogP contribution in [0.5, 0.6) is 11.5 Å². The van der Waals surface area contributed by atoms with Gasteiger partial charge in [-0.05, 0) is 37.1 Å². The zero-order valence-corrected chi connectivity index (χ0v) is 15.7. The summed E-state index contributed by atoms with van der Waals surface area (Å²) in [7, 11) is 3.20. The van der Waals surface area contributed by atoms with Gasteiger partial charge in [0.05, 0.1) is 26.1 Å². The van der Waals surface area contributed by atoms with E-state index in [1.807, 2.05) is 24.3 Å². The van der Waals surface area contributed by atoms with Crippen LogP contribution in [0.2, 0.25) is 0 Å². The van der Waals surface area contributed by atoms with Crippen molar-refractivity contribution >= 4 is 23.2 Å². The molecule has 7 nitrogen and oxygen atoms in total. The Kier molecular flexibility index (Phi) is 6.35. The quantitative estimate of drug-likeness (QED) is 0.706. The largest absolute Gasteiger partial charge is 0.493 e. The van der Waals surface area contributed by atoms with Gasteiger partial charge in [-0.25, -0.2) is 9.78 Å². The van der Waals surface area contributed by atoms with Crippen molar-refractivity contribution in [3.63, 3.8) is 0 Å². The summed E-state index contributed by atoms with van der Waals surface area (Å²) >= 11 is 0. The van der Waals surface area contributed by atoms with E-state index in [9.17, 15) is 4.79 Å². The summed E-state index contributed by atoms with van der Waals surface area (Å²) in [6.45, 7) is 0. The van der Waals surface area contributed by atoms with Crippen LogP contribution in [0.4, 0.5) is 22.0 Å². The molecule has 3 rings (SSSR count). The molecule has 1 aliphatic carbocycles. The Labute approximate surface area is 159 Å². The Hall–Kier alpha value is -2.96. The Morgan fingerprint density at radius 2 is 1.74 bits per heavy atom. The van der Waals surface area contributed by atoms with E-state index in [-0.39, 0.29) is 12.1 Å². The lowest BCUT2D eigenvalue weighted by molar-refractivity contribution is 0.244. The Balaban J connectivity index is 1.56. The zero-order chi connectivity index (χ0) is 19.1. The van der Waals surface area contributed by atoms with Gasteiger partial charge in [-0.1, -0.05) is 19.3 Å². The number of benzene rings is 1. The molecule has 0 bridgehead atoms. The second-order valence-corrected chi connectivity index (χ2v) is 6.56. The lowest BCUT2D eigenvalue weighted by Crippen LogP contribution is -2.39. The highest BCUT2D eigenvalue weighted by molar-refractivity contribution is 5.88. The number of ether oxygens (including phenoxy) is 2. The molecule has 0 saturated heterocycles. The molecule has 0 radical (unpaired) electrons. The van der Waals surface area contributed by atoms with E-state index in [2.05, 4.69) is 20.9 Å². The normalized spacial score (nSPS) is 14.3. The molecule has 1 aromatic heterocycles. The molecular formula is C20H26N4O3. The van der Waals surface area contributed by atoms with E-state index in [0.29, 0.717) is 17.3 Å². The molecule has 1 aliphatic rings. The van der Waals surface area contributed by atoms with Gasteiger partial charge in [0.15, 0.2) is 11.5 Å². The average Bonchev–Trinajstić information content (AvgIpc) is 2.70. The van der Waals surface area contributed by atoms with Crippen molar-refractivity contribution in [2.75, 3.05) is 24.9 Å². The minimum atomic E-state index is -0.199. The number of urea groups is 1. The van der Waals surface area contributed by atoms with Crippen LogP contribution in [-0.4, -0.2) is 31.3 Å². The van der Waals surface area contributed by atoms with Crippen LogP contribution < -0.4 is 25.4 Å². The Morgan fingerprint density at radius 1 is 1.00 bits per heavy atom. The van der Waals surface area contributed by atoms with Crippen LogP contribution >= 0.6 is 0 Å². The summed E-state index contributed by atoms with van der Waals surface area (Å²) in [5, 5.41) is 9.05. The van der Waals surface area contributed by atoms with Crippen LogP contribution in [0.1, 0.15) is 32.1 Å². The molecule has 144 valence electrons. The first-order valence-electron chi connectivity index (χ1n) is 9.20. The van der Waals surface area contributed by atoms with Gasteiger partial charge < -0.3 is 20.1 Å². The van der Waals surface area contributed by atoms with Crippen LogP contribution in [0, 0.1) is 0 Å². The number of amides is 2. The number of hydrogen-bond donors (Lipinski definition) is 3. The molecule has 0 unspecified atom stereocenters. The lowest BCUT2D eigenvalue weighted by atomic mass is 9.96. The molecule has 1 aromatic carbocycles. The zero-order valence-electron chi connectivity index (χ0n) is 15.7. The molecule has 0 aliphatic heterocycles. The number of carbonyl (C=O) groups excluding carboxylic acids is 1. The summed E-state index contributed by atoms with van der Waals surface area (Å²) in [5.74, 6) is 1.83. The fourth-order valence-corrected chi connectivity index (χ4v) is 3.21. The third kappa shape index (κ3) is 5.26. The summed E-state index contributed by atoms with van der Waals surface area (Å²) in [6, 6.07) is 9.27. The molecule has 1 heterocycles. The van der Waals surface area contributed by atoms with Crippen molar-refractivity contribution in [3.8, 4) is 11.5 Å². The maximum atomic E-state index is 12.1. The number of methoxy groups -OCH3 is 2. The van der Waals surface area contributed by atoms with Crippen LogP contribution in [0.15, 0.2) is 36.5 Å². The molecule has 27 heavy (non-hydrogen) atoms. The summed E-state index contributed by atoms with van der Waals surface area (Å²) in [6.07, 6.45) is 7.40. The topological polar surface area (TPSA) is 84.5 Å². The fraction of sp³-hybridized carbons (Fsp3) is 0.400. The van der Waals surface area contributed by atoms with Gasteiger partial charge in [-0.2, -0.15) is 0 Å². The van der Waals surface area contributed by atoms with Crippen LogP contribution in [-0.2, 0) is 0 Å². The smallest absolute Gasteiger partial charge is 0.320 e. The molecule has 1 saturated carbocycles. The molecule has 7 heteroatoms.